The molecule has 8 nitrogen and oxygen atoms in total. The minimum atomic E-state index is -0.386. The minimum absolute atomic E-state index is 0.0334. The summed E-state index contributed by atoms with van der Waals surface area (Å²) >= 11 is 0. The molecule has 4 amide bonds. The second kappa shape index (κ2) is 5.04. The van der Waals surface area contributed by atoms with Gasteiger partial charge in [-0.2, -0.15) is 0 Å². The van der Waals surface area contributed by atoms with Gasteiger partial charge in [0.1, 0.15) is 0 Å². The molecule has 1 aromatic rings. The molecule has 0 aromatic carbocycles. The van der Waals surface area contributed by atoms with Gasteiger partial charge < -0.3 is 15.0 Å². The molecule has 3 heterocycles. The van der Waals surface area contributed by atoms with Crippen LogP contribution in [0.25, 0.3) is 0 Å². The van der Waals surface area contributed by atoms with Crippen LogP contribution < -0.4 is 10.1 Å². The van der Waals surface area contributed by atoms with E-state index in [-0.39, 0.29) is 30.4 Å². The SMILES string of the molecule is COc1ccc(C(=O)N2CC(N3C(=O)CNC3=O)C2)cn1. The number of urea groups is 1. The Hall–Kier alpha value is -2.64. The lowest BCUT2D eigenvalue weighted by Crippen LogP contribution is -2.62. The van der Waals surface area contributed by atoms with E-state index in [0.29, 0.717) is 24.5 Å². The van der Waals surface area contributed by atoms with Gasteiger partial charge in [0.25, 0.3) is 5.91 Å². The van der Waals surface area contributed by atoms with E-state index in [9.17, 15) is 14.4 Å². The molecule has 1 N–H and O–H groups in total. The number of aromatic nitrogens is 1. The Balaban J connectivity index is 1.61. The van der Waals surface area contributed by atoms with Gasteiger partial charge in [-0.3, -0.25) is 14.5 Å². The van der Waals surface area contributed by atoms with E-state index >= 15 is 0 Å². The van der Waals surface area contributed by atoms with Crippen molar-refractivity contribution in [3.8, 4) is 5.88 Å². The molecule has 0 aliphatic carbocycles. The molecule has 110 valence electrons. The number of methoxy groups -OCH3 is 1. The third kappa shape index (κ3) is 2.28. The van der Waals surface area contributed by atoms with Gasteiger partial charge in [-0.15, -0.1) is 0 Å². The summed E-state index contributed by atoms with van der Waals surface area (Å²) in [5.74, 6) is 0.0176. The van der Waals surface area contributed by atoms with E-state index in [0.717, 1.165) is 0 Å². The monoisotopic (exact) mass is 290 g/mol. The highest BCUT2D eigenvalue weighted by Crippen LogP contribution is 2.20. The molecule has 8 heteroatoms. The number of amides is 4. The van der Waals surface area contributed by atoms with Crippen LogP contribution in [-0.4, -0.2) is 65.4 Å². The molecule has 0 saturated carbocycles. The average molecular weight is 290 g/mol. The summed E-state index contributed by atoms with van der Waals surface area (Å²) in [6.07, 6.45) is 1.45. The highest BCUT2D eigenvalue weighted by molar-refractivity contribution is 6.03. The summed E-state index contributed by atoms with van der Waals surface area (Å²) in [7, 11) is 1.50. The molecule has 3 rings (SSSR count). The minimum Gasteiger partial charge on any atom is -0.481 e. The number of pyridine rings is 1. The number of hydrogen-bond donors (Lipinski definition) is 1. The summed E-state index contributed by atoms with van der Waals surface area (Å²) in [6.45, 7) is 0.736. The maximum Gasteiger partial charge on any atom is 0.324 e. The van der Waals surface area contributed by atoms with Crippen molar-refractivity contribution in [2.24, 2.45) is 0 Å². The highest BCUT2D eigenvalue weighted by Gasteiger charge is 2.43. The number of nitrogens with zero attached hydrogens (tertiary/aromatic N) is 3. The predicted octanol–water partition coefficient (Wildman–Crippen LogP) is -0.534. The van der Waals surface area contributed by atoms with E-state index < -0.39 is 0 Å². The lowest BCUT2D eigenvalue weighted by atomic mass is 10.1. The van der Waals surface area contributed by atoms with Gasteiger partial charge >= 0.3 is 6.03 Å². The van der Waals surface area contributed by atoms with Gasteiger partial charge in [0, 0.05) is 25.4 Å². The van der Waals surface area contributed by atoms with Crippen LogP contribution in [0.2, 0.25) is 0 Å². The Morgan fingerprint density at radius 1 is 1.38 bits per heavy atom. The average Bonchev–Trinajstić information content (AvgIpc) is 2.78. The smallest absolute Gasteiger partial charge is 0.324 e. The fourth-order valence-electron chi connectivity index (χ4n) is 2.40. The van der Waals surface area contributed by atoms with Crippen molar-refractivity contribution in [2.75, 3.05) is 26.7 Å². The lowest BCUT2D eigenvalue weighted by molar-refractivity contribution is -0.128. The summed E-state index contributed by atoms with van der Waals surface area (Å²) < 4.78 is 4.93. The largest absolute Gasteiger partial charge is 0.481 e. The molecule has 0 bridgehead atoms. The van der Waals surface area contributed by atoms with E-state index in [4.69, 9.17) is 4.74 Å². The van der Waals surface area contributed by atoms with Crippen LogP contribution >= 0.6 is 0 Å². The molecule has 0 atom stereocenters. The molecule has 2 saturated heterocycles. The first-order valence-corrected chi connectivity index (χ1v) is 6.49. The van der Waals surface area contributed by atoms with Crippen LogP contribution in [0.1, 0.15) is 10.4 Å². The zero-order chi connectivity index (χ0) is 15.0. The van der Waals surface area contributed by atoms with Crippen LogP contribution in [0, 0.1) is 0 Å². The molecule has 0 spiro atoms. The van der Waals surface area contributed by atoms with Crippen LogP contribution in [0.3, 0.4) is 0 Å². The molecule has 2 aliphatic rings. The molecule has 0 radical (unpaired) electrons. The van der Waals surface area contributed by atoms with E-state index in [1.165, 1.54) is 18.2 Å². The molecule has 1 aromatic heterocycles. The van der Waals surface area contributed by atoms with Gasteiger partial charge in [0.05, 0.1) is 25.3 Å². The molecule has 21 heavy (non-hydrogen) atoms. The van der Waals surface area contributed by atoms with Gasteiger partial charge in [-0.1, -0.05) is 0 Å². The first kappa shape index (κ1) is 13.3. The van der Waals surface area contributed by atoms with Crippen molar-refractivity contribution in [2.45, 2.75) is 6.04 Å². The molecule has 2 aliphatic heterocycles. The second-order valence-corrected chi connectivity index (χ2v) is 4.88. The third-order valence-electron chi connectivity index (χ3n) is 3.59. The van der Waals surface area contributed by atoms with Crippen molar-refractivity contribution in [1.29, 1.82) is 0 Å². The molecular formula is C13H14N4O4. The standard InChI is InChI=1S/C13H14N4O4/c1-21-10-3-2-8(4-14-10)12(19)16-6-9(7-16)17-11(18)5-15-13(17)20/h2-4,9H,5-7H2,1H3,(H,15,20). The summed E-state index contributed by atoms with van der Waals surface area (Å²) in [5.41, 5.74) is 0.450. The Morgan fingerprint density at radius 2 is 2.14 bits per heavy atom. The zero-order valence-corrected chi connectivity index (χ0v) is 11.4. The fourth-order valence-corrected chi connectivity index (χ4v) is 2.40. The fraction of sp³-hybridized carbons (Fsp3) is 0.385. The first-order valence-electron chi connectivity index (χ1n) is 6.49. The Labute approximate surface area is 120 Å². The number of hydrogen-bond acceptors (Lipinski definition) is 5. The number of likely N-dealkylation sites (tertiary alicyclic amines) is 1. The topological polar surface area (TPSA) is 91.8 Å². The number of carbonyl (C=O) groups excluding carboxylic acids is 3. The van der Waals surface area contributed by atoms with Crippen molar-refractivity contribution < 1.29 is 19.1 Å². The Bertz CT molecular complexity index is 579. The lowest BCUT2D eigenvalue weighted by Gasteiger charge is -2.42. The Kier molecular flexibility index (Phi) is 3.20. The van der Waals surface area contributed by atoms with E-state index in [1.807, 2.05) is 0 Å². The number of carbonyl (C=O) groups is 3. The van der Waals surface area contributed by atoms with Gasteiger partial charge in [0.15, 0.2) is 0 Å². The zero-order valence-electron chi connectivity index (χ0n) is 11.4. The quantitative estimate of drug-likeness (QED) is 0.755. The van der Waals surface area contributed by atoms with Crippen LogP contribution in [0.5, 0.6) is 5.88 Å². The third-order valence-corrected chi connectivity index (χ3v) is 3.59. The van der Waals surface area contributed by atoms with Crippen molar-refractivity contribution >= 4 is 17.8 Å². The summed E-state index contributed by atoms with van der Waals surface area (Å²) in [4.78, 5) is 42.0. The number of nitrogens with one attached hydrogen (secondary N) is 1. The van der Waals surface area contributed by atoms with Crippen molar-refractivity contribution in [3.63, 3.8) is 0 Å². The van der Waals surface area contributed by atoms with Gasteiger partial charge in [-0.25, -0.2) is 9.78 Å². The summed E-state index contributed by atoms with van der Waals surface area (Å²) in [5, 5.41) is 2.47. The summed E-state index contributed by atoms with van der Waals surface area (Å²) in [6, 6.07) is 2.62. The van der Waals surface area contributed by atoms with E-state index in [2.05, 4.69) is 10.3 Å². The van der Waals surface area contributed by atoms with Crippen LogP contribution in [0.15, 0.2) is 18.3 Å². The predicted molar refractivity (Wildman–Crippen MR) is 70.7 cm³/mol. The Morgan fingerprint density at radius 3 is 2.67 bits per heavy atom. The first-order chi connectivity index (χ1) is 10.1. The molecule has 2 fully saturated rings. The van der Waals surface area contributed by atoms with E-state index in [1.54, 1.807) is 17.0 Å². The molecule has 0 unspecified atom stereocenters. The van der Waals surface area contributed by atoms with Gasteiger partial charge in [0.2, 0.25) is 11.8 Å². The number of rotatable bonds is 3. The molecular weight excluding hydrogens is 276 g/mol. The number of ether oxygens (including phenoxy) is 1. The maximum absolute atomic E-state index is 12.2. The maximum atomic E-state index is 12.2. The van der Waals surface area contributed by atoms with Crippen molar-refractivity contribution in [1.82, 2.24) is 20.1 Å². The highest BCUT2D eigenvalue weighted by atomic mass is 16.5. The second-order valence-electron chi connectivity index (χ2n) is 4.88. The number of imide groups is 1. The van der Waals surface area contributed by atoms with Crippen molar-refractivity contribution in [3.05, 3.63) is 23.9 Å². The van der Waals surface area contributed by atoms with Crippen LogP contribution in [-0.2, 0) is 4.79 Å². The van der Waals surface area contributed by atoms with Crippen LogP contribution in [0.4, 0.5) is 4.79 Å². The normalized spacial score (nSPS) is 18.5. The van der Waals surface area contributed by atoms with Gasteiger partial charge in [-0.05, 0) is 6.07 Å².